The molecule has 2 N–H and O–H groups in total. The molecule has 0 fully saturated rings. The number of hydrogen-bond donors (Lipinski definition) is 1. The Balaban J connectivity index is 2.63. The number of benzene rings is 1. The lowest BCUT2D eigenvalue weighted by molar-refractivity contribution is 0.629. The molecule has 2 aromatic rings. The molecule has 0 saturated heterocycles. The number of hydrogen-bond acceptors (Lipinski definition) is 2. The van der Waals surface area contributed by atoms with Crippen LogP contribution >= 0.6 is 15.9 Å². The van der Waals surface area contributed by atoms with E-state index in [1.165, 1.54) is 6.07 Å². The van der Waals surface area contributed by atoms with Crippen molar-refractivity contribution in [3.63, 3.8) is 0 Å². The van der Waals surface area contributed by atoms with E-state index in [4.69, 9.17) is 5.73 Å². The number of anilines is 1. The maximum atomic E-state index is 13.9. The lowest BCUT2D eigenvalue weighted by Crippen LogP contribution is -1.99. The first-order chi connectivity index (χ1) is 8.54. The van der Waals surface area contributed by atoms with Gasteiger partial charge in [-0.1, -0.05) is 29.3 Å². The predicted molar refractivity (Wildman–Crippen MR) is 74.7 cm³/mol. The first-order valence-electron chi connectivity index (χ1n) is 5.81. The Morgan fingerprint density at radius 2 is 2.17 bits per heavy atom. The standard InChI is InChI=1S/C13H15BrFN3/c1-3-4-9-12(17-18(2)13(9)16)10-7-8(14)5-6-11(10)15/h5-7H,3-4,16H2,1-2H3. The molecule has 18 heavy (non-hydrogen) atoms. The molecule has 0 aliphatic carbocycles. The minimum atomic E-state index is -0.284. The fourth-order valence-corrected chi connectivity index (χ4v) is 2.33. The van der Waals surface area contributed by atoms with Crippen LogP contribution in [0.5, 0.6) is 0 Å². The summed E-state index contributed by atoms with van der Waals surface area (Å²) < 4.78 is 16.3. The molecule has 3 nitrogen and oxygen atoms in total. The van der Waals surface area contributed by atoms with E-state index < -0.39 is 0 Å². The molecule has 1 heterocycles. The Morgan fingerprint density at radius 1 is 1.44 bits per heavy atom. The van der Waals surface area contributed by atoms with Crippen molar-refractivity contribution in [1.29, 1.82) is 0 Å². The van der Waals surface area contributed by atoms with Crippen LogP contribution in [0.3, 0.4) is 0 Å². The SMILES string of the molecule is CCCc1c(-c2cc(Br)ccc2F)nn(C)c1N. The molecule has 5 heteroatoms. The lowest BCUT2D eigenvalue weighted by Gasteiger charge is -2.04. The zero-order valence-corrected chi connectivity index (χ0v) is 12.0. The van der Waals surface area contributed by atoms with Gasteiger partial charge < -0.3 is 5.73 Å². The Morgan fingerprint density at radius 3 is 2.83 bits per heavy atom. The number of nitrogens with two attached hydrogens (primary N) is 1. The van der Waals surface area contributed by atoms with Gasteiger partial charge in [0.25, 0.3) is 0 Å². The van der Waals surface area contributed by atoms with E-state index in [2.05, 4.69) is 28.0 Å². The molecule has 2 rings (SSSR count). The summed E-state index contributed by atoms with van der Waals surface area (Å²) in [5, 5.41) is 4.33. The van der Waals surface area contributed by atoms with Gasteiger partial charge in [0.05, 0.1) is 0 Å². The van der Waals surface area contributed by atoms with Crippen LogP contribution in [0.4, 0.5) is 10.2 Å². The molecule has 1 aromatic heterocycles. The van der Waals surface area contributed by atoms with Gasteiger partial charge >= 0.3 is 0 Å². The molecule has 0 radical (unpaired) electrons. The van der Waals surface area contributed by atoms with Crippen LogP contribution in [0.15, 0.2) is 22.7 Å². The first-order valence-corrected chi connectivity index (χ1v) is 6.60. The van der Waals surface area contributed by atoms with E-state index in [-0.39, 0.29) is 5.82 Å². The Bertz CT molecular complexity index is 578. The van der Waals surface area contributed by atoms with Crippen molar-refractivity contribution in [2.75, 3.05) is 5.73 Å². The number of aromatic nitrogens is 2. The second-order valence-electron chi connectivity index (χ2n) is 4.21. The van der Waals surface area contributed by atoms with Gasteiger partial charge in [-0.05, 0) is 24.6 Å². The van der Waals surface area contributed by atoms with Gasteiger partial charge in [0.15, 0.2) is 0 Å². The summed E-state index contributed by atoms with van der Waals surface area (Å²) in [6, 6.07) is 4.83. The summed E-state index contributed by atoms with van der Waals surface area (Å²) in [5.74, 6) is 0.319. The van der Waals surface area contributed by atoms with Gasteiger partial charge in [0.2, 0.25) is 0 Å². The highest BCUT2D eigenvalue weighted by Crippen LogP contribution is 2.31. The van der Waals surface area contributed by atoms with Crippen molar-refractivity contribution in [3.05, 3.63) is 34.1 Å². The van der Waals surface area contributed by atoms with Crippen molar-refractivity contribution in [1.82, 2.24) is 9.78 Å². The third-order valence-electron chi connectivity index (χ3n) is 2.88. The molecule has 0 atom stereocenters. The molecule has 0 aliphatic rings. The van der Waals surface area contributed by atoms with Crippen LogP contribution in [0, 0.1) is 5.82 Å². The number of halogens is 2. The van der Waals surface area contributed by atoms with Crippen molar-refractivity contribution in [2.45, 2.75) is 19.8 Å². The number of nitrogens with zero attached hydrogens (tertiary/aromatic N) is 2. The van der Waals surface area contributed by atoms with Gasteiger partial charge in [0, 0.05) is 22.6 Å². The Hall–Kier alpha value is -1.36. The number of nitrogen functional groups attached to an aromatic ring is 1. The van der Waals surface area contributed by atoms with E-state index in [9.17, 15) is 4.39 Å². The summed E-state index contributed by atoms with van der Waals surface area (Å²) in [7, 11) is 1.77. The van der Waals surface area contributed by atoms with Crippen LogP contribution in [-0.4, -0.2) is 9.78 Å². The summed E-state index contributed by atoms with van der Waals surface area (Å²) in [4.78, 5) is 0. The highest BCUT2D eigenvalue weighted by Gasteiger charge is 2.17. The van der Waals surface area contributed by atoms with Crippen molar-refractivity contribution >= 4 is 21.7 Å². The maximum absolute atomic E-state index is 13.9. The van der Waals surface area contributed by atoms with Gasteiger partial charge in [-0.2, -0.15) is 5.10 Å². The van der Waals surface area contributed by atoms with E-state index in [1.54, 1.807) is 23.9 Å². The van der Waals surface area contributed by atoms with Gasteiger partial charge in [-0.15, -0.1) is 0 Å². The fraction of sp³-hybridized carbons (Fsp3) is 0.308. The Labute approximate surface area is 114 Å². The van der Waals surface area contributed by atoms with E-state index >= 15 is 0 Å². The minimum Gasteiger partial charge on any atom is -0.384 e. The average Bonchev–Trinajstić information content (AvgIpc) is 2.61. The lowest BCUT2D eigenvalue weighted by atomic mass is 10.0. The van der Waals surface area contributed by atoms with Crippen LogP contribution in [0.25, 0.3) is 11.3 Å². The Kier molecular flexibility index (Phi) is 3.71. The van der Waals surface area contributed by atoms with Gasteiger partial charge in [-0.25, -0.2) is 4.39 Å². The molecule has 1 aromatic carbocycles. The molecular formula is C13H15BrFN3. The highest BCUT2D eigenvalue weighted by atomic mass is 79.9. The smallest absolute Gasteiger partial charge is 0.132 e. The zero-order valence-electron chi connectivity index (χ0n) is 10.4. The average molecular weight is 312 g/mol. The number of rotatable bonds is 3. The topological polar surface area (TPSA) is 43.8 Å². The summed E-state index contributed by atoms with van der Waals surface area (Å²) in [6.07, 6.45) is 1.74. The maximum Gasteiger partial charge on any atom is 0.132 e. The monoisotopic (exact) mass is 311 g/mol. The second-order valence-corrected chi connectivity index (χ2v) is 5.13. The normalized spacial score (nSPS) is 10.9. The summed E-state index contributed by atoms with van der Waals surface area (Å²) in [5.41, 5.74) is 8.02. The van der Waals surface area contributed by atoms with Crippen molar-refractivity contribution < 1.29 is 4.39 Å². The third kappa shape index (κ3) is 2.27. The minimum absolute atomic E-state index is 0.284. The van der Waals surface area contributed by atoms with E-state index in [0.29, 0.717) is 17.1 Å². The molecule has 0 aliphatic heterocycles. The molecule has 0 saturated carbocycles. The van der Waals surface area contributed by atoms with Crippen LogP contribution in [0.2, 0.25) is 0 Å². The van der Waals surface area contributed by atoms with Gasteiger partial charge in [-0.3, -0.25) is 4.68 Å². The van der Waals surface area contributed by atoms with E-state index in [1.807, 2.05) is 0 Å². The fourth-order valence-electron chi connectivity index (χ4n) is 1.97. The van der Waals surface area contributed by atoms with Crippen LogP contribution < -0.4 is 5.73 Å². The molecule has 0 amide bonds. The first kappa shape index (κ1) is 13.1. The quantitative estimate of drug-likeness (QED) is 0.942. The second kappa shape index (κ2) is 5.10. The molecule has 0 bridgehead atoms. The summed E-state index contributed by atoms with van der Waals surface area (Å²) >= 11 is 3.35. The van der Waals surface area contributed by atoms with Crippen molar-refractivity contribution in [2.24, 2.45) is 7.05 Å². The molecule has 0 unspecified atom stereocenters. The summed E-state index contributed by atoms with van der Waals surface area (Å²) in [6.45, 7) is 2.06. The van der Waals surface area contributed by atoms with Crippen LogP contribution in [-0.2, 0) is 13.5 Å². The highest BCUT2D eigenvalue weighted by molar-refractivity contribution is 9.10. The van der Waals surface area contributed by atoms with Crippen molar-refractivity contribution in [3.8, 4) is 11.3 Å². The van der Waals surface area contributed by atoms with Crippen LogP contribution in [0.1, 0.15) is 18.9 Å². The largest absolute Gasteiger partial charge is 0.384 e. The molecule has 0 spiro atoms. The zero-order chi connectivity index (χ0) is 13.3. The predicted octanol–water partition coefficient (Wildman–Crippen LogP) is 3.52. The third-order valence-corrected chi connectivity index (χ3v) is 3.37. The molecular weight excluding hydrogens is 297 g/mol. The van der Waals surface area contributed by atoms with Gasteiger partial charge in [0.1, 0.15) is 17.3 Å². The van der Waals surface area contributed by atoms with E-state index in [0.717, 1.165) is 22.9 Å². The number of aryl methyl sites for hydroxylation is 1. The molecule has 96 valence electrons.